The lowest BCUT2D eigenvalue weighted by atomic mass is 10.0. The summed E-state index contributed by atoms with van der Waals surface area (Å²) in [7, 11) is 0. The van der Waals surface area contributed by atoms with Gasteiger partial charge in [0.05, 0.1) is 22.2 Å². The van der Waals surface area contributed by atoms with Crippen molar-refractivity contribution in [2.45, 2.75) is 25.8 Å². The monoisotopic (exact) mass is 438 g/mol. The van der Waals surface area contributed by atoms with Crippen molar-refractivity contribution in [1.82, 2.24) is 4.90 Å². The maximum Gasteiger partial charge on any atom is 0.291 e. The van der Waals surface area contributed by atoms with Gasteiger partial charge < -0.3 is 24.1 Å². The molecule has 8 heteroatoms. The minimum Gasteiger partial charge on any atom is -0.486 e. The topological polar surface area (TPSA) is 81.0 Å². The molecule has 1 saturated heterocycles. The molecule has 31 heavy (non-hydrogen) atoms. The minimum atomic E-state index is -0.333. The van der Waals surface area contributed by atoms with Crippen LogP contribution in [0.25, 0.3) is 0 Å². The van der Waals surface area contributed by atoms with Gasteiger partial charge >= 0.3 is 0 Å². The van der Waals surface area contributed by atoms with Gasteiger partial charge in [-0.15, -0.1) is 11.3 Å². The van der Waals surface area contributed by atoms with Gasteiger partial charge in [0.1, 0.15) is 13.2 Å². The maximum absolute atomic E-state index is 13.4. The Morgan fingerprint density at radius 3 is 2.77 bits per heavy atom. The van der Waals surface area contributed by atoms with Gasteiger partial charge in [-0.1, -0.05) is 6.07 Å². The smallest absolute Gasteiger partial charge is 0.291 e. The number of thiophene rings is 1. The van der Waals surface area contributed by atoms with Crippen LogP contribution in [0.15, 0.2) is 47.1 Å². The number of hydrogen-bond acceptors (Lipinski definition) is 6. The van der Waals surface area contributed by atoms with Crippen LogP contribution in [0.2, 0.25) is 0 Å². The van der Waals surface area contributed by atoms with E-state index >= 15 is 0 Å². The van der Waals surface area contributed by atoms with E-state index in [1.807, 2.05) is 36.1 Å². The number of nitrogens with zero attached hydrogens (tertiary/aromatic N) is 1. The maximum atomic E-state index is 13.4. The van der Waals surface area contributed by atoms with Crippen LogP contribution in [-0.4, -0.2) is 36.5 Å². The zero-order valence-electron chi connectivity index (χ0n) is 17.1. The summed E-state index contributed by atoms with van der Waals surface area (Å²) in [6, 6.07) is 11.0. The summed E-state index contributed by atoms with van der Waals surface area (Å²) < 4.78 is 16.5. The number of furan rings is 1. The fourth-order valence-electron chi connectivity index (χ4n) is 4.09. The van der Waals surface area contributed by atoms with Crippen LogP contribution in [0.1, 0.15) is 50.2 Å². The first-order chi connectivity index (χ1) is 15.1. The van der Waals surface area contributed by atoms with Crippen LogP contribution in [-0.2, 0) is 0 Å². The quantitative estimate of drug-likeness (QED) is 0.641. The van der Waals surface area contributed by atoms with Gasteiger partial charge in [-0.2, -0.15) is 0 Å². The molecule has 1 fully saturated rings. The summed E-state index contributed by atoms with van der Waals surface area (Å²) in [4.78, 5) is 28.2. The SMILES string of the molecule is Cc1cc(NC(=O)c2ccco2)sc1C(=O)N1CCC[C@@H]1c1ccc2c(c1)OCCO2. The normalized spacial score (nSPS) is 17.6. The number of anilines is 1. The van der Waals surface area contributed by atoms with Crippen LogP contribution in [0.4, 0.5) is 5.00 Å². The van der Waals surface area contributed by atoms with Gasteiger partial charge in [0.2, 0.25) is 0 Å². The molecular weight excluding hydrogens is 416 g/mol. The molecule has 1 N–H and O–H groups in total. The van der Waals surface area contributed by atoms with Crippen LogP contribution in [0.3, 0.4) is 0 Å². The fourth-order valence-corrected chi connectivity index (χ4v) is 5.12. The lowest BCUT2D eigenvalue weighted by Crippen LogP contribution is -2.30. The molecule has 0 bridgehead atoms. The predicted molar refractivity (Wildman–Crippen MR) is 116 cm³/mol. The van der Waals surface area contributed by atoms with Crippen molar-refractivity contribution < 1.29 is 23.5 Å². The molecule has 2 aliphatic rings. The Morgan fingerprint density at radius 2 is 1.97 bits per heavy atom. The van der Waals surface area contributed by atoms with E-state index in [2.05, 4.69) is 5.32 Å². The summed E-state index contributed by atoms with van der Waals surface area (Å²) in [5.74, 6) is 1.37. The zero-order valence-corrected chi connectivity index (χ0v) is 17.9. The minimum absolute atomic E-state index is 0.00835. The van der Waals surface area contributed by atoms with Gasteiger partial charge in [-0.3, -0.25) is 9.59 Å². The molecule has 0 radical (unpaired) electrons. The fraction of sp³-hybridized carbons (Fsp3) is 0.304. The molecule has 2 amide bonds. The second kappa shape index (κ2) is 8.11. The third-order valence-electron chi connectivity index (χ3n) is 5.56. The first kappa shape index (κ1) is 19.7. The van der Waals surface area contributed by atoms with E-state index in [4.69, 9.17) is 13.9 Å². The largest absolute Gasteiger partial charge is 0.486 e. The van der Waals surface area contributed by atoms with Crippen molar-refractivity contribution in [3.05, 3.63) is 64.4 Å². The van der Waals surface area contributed by atoms with Crippen LogP contribution in [0, 0.1) is 6.92 Å². The molecule has 7 nitrogen and oxygen atoms in total. The van der Waals surface area contributed by atoms with E-state index in [0.29, 0.717) is 29.6 Å². The number of carbonyl (C=O) groups is 2. The third-order valence-corrected chi connectivity index (χ3v) is 6.70. The van der Waals surface area contributed by atoms with E-state index in [-0.39, 0.29) is 23.6 Å². The van der Waals surface area contributed by atoms with Crippen molar-refractivity contribution in [2.75, 3.05) is 25.1 Å². The Bertz CT molecular complexity index is 1120. The van der Waals surface area contributed by atoms with Gasteiger partial charge in [0.25, 0.3) is 11.8 Å². The molecule has 0 unspecified atom stereocenters. The molecule has 0 aliphatic carbocycles. The van der Waals surface area contributed by atoms with E-state index in [9.17, 15) is 9.59 Å². The Labute approximate surface area is 183 Å². The Kier molecular flexibility index (Phi) is 5.15. The first-order valence-electron chi connectivity index (χ1n) is 10.3. The number of benzene rings is 1. The summed E-state index contributed by atoms with van der Waals surface area (Å²) in [5.41, 5.74) is 1.90. The van der Waals surface area contributed by atoms with E-state index in [0.717, 1.165) is 35.5 Å². The molecule has 160 valence electrons. The van der Waals surface area contributed by atoms with Crippen molar-refractivity contribution in [3.63, 3.8) is 0 Å². The average Bonchev–Trinajstić information content (AvgIpc) is 3.54. The van der Waals surface area contributed by atoms with E-state index in [1.165, 1.54) is 17.6 Å². The third kappa shape index (κ3) is 3.79. The standard InChI is InChI=1S/C23H22N2O5S/c1-14-12-20(24-22(26)18-5-3-9-28-18)31-21(14)23(27)25-8-2-4-16(25)15-6-7-17-19(13-15)30-11-10-29-17/h3,5-7,9,12-13,16H,2,4,8,10-11H2,1H3,(H,24,26)/t16-/m1/s1. The highest BCUT2D eigenvalue weighted by Gasteiger charge is 2.33. The number of nitrogens with one attached hydrogen (secondary N) is 1. The van der Waals surface area contributed by atoms with Crippen molar-refractivity contribution in [3.8, 4) is 11.5 Å². The second-order valence-corrected chi connectivity index (χ2v) is 8.67. The van der Waals surface area contributed by atoms with Crippen LogP contribution >= 0.6 is 11.3 Å². The number of fused-ring (bicyclic) bond motifs is 1. The molecule has 4 heterocycles. The number of amides is 2. The molecule has 3 aromatic rings. The number of carbonyl (C=O) groups excluding carboxylic acids is 2. The van der Waals surface area contributed by atoms with Crippen LogP contribution < -0.4 is 14.8 Å². The average molecular weight is 439 g/mol. The van der Waals surface area contributed by atoms with E-state index < -0.39 is 0 Å². The molecule has 2 aliphatic heterocycles. The Morgan fingerprint density at radius 1 is 1.13 bits per heavy atom. The number of aryl methyl sites for hydroxylation is 1. The van der Waals surface area contributed by atoms with Crippen molar-refractivity contribution >= 4 is 28.2 Å². The van der Waals surface area contributed by atoms with Crippen LogP contribution in [0.5, 0.6) is 11.5 Å². The van der Waals surface area contributed by atoms with Gasteiger partial charge in [0, 0.05) is 6.54 Å². The lowest BCUT2D eigenvalue weighted by molar-refractivity contribution is 0.0739. The highest BCUT2D eigenvalue weighted by atomic mass is 32.1. The predicted octanol–water partition coefficient (Wildman–Crippen LogP) is 4.65. The first-order valence-corrected chi connectivity index (χ1v) is 11.1. The number of rotatable bonds is 4. The van der Waals surface area contributed by atoms with Gasteiger partial charge in [-0.05, 0) is 61.2 Å². The zero-order chi connectivity index (χ0) is 21.4. The summed E-state index contributed by atoms with van der Waals surface area (Å²) in [6.07, 6.45) is 3.30. The number of ether oxygens (including phenoxy) is 2. The van der Waals surface area contributed by atoms with E-state index in [1.54, 1.807) is 12.1 Å². The lowest BCUT2D eigenvalue weighted by Gasteiger charge is -2.26. The summed E-state index contributed by atoms with van der Waals surface area (Å²) in [6.45, 7) is 3.67. The molecular formula is C23H22N2O5S. The molecule has 0 saturated carbocycles. The van der Waals surface area contributed by atoms with Gasteiger partial charge in [-0.25, -0.2) is 0 Å². The van der Waals surface area contributed by atoms with Crippen molar-refractivity contribution in [1.29, 1.82) is 0 Å². The molecule has 1 atom stereocenters. The number of hydrogen-bond donors (Lipinski definition) is 1. The summed E-state index contributed by atoms with van der Waals surface area (Å²) >= 11 is 1.29. The highest BCUT2D eigenvalue weighted by Crippen LogP contribution is 2.40. The molecule has 2 aromatic heterocycles. The Hall–Kier alpha value is -3.26. The van der Waals surface area contributed by atoms with Crippen molar-refractivity contribution in [2.24, 2.45) is 0 Å². The summed E-state index contributed by atoms with van der Waals surface area (Å²) in [5, 5.41) is 3.44. The Balaban J connectivity index is 1.36. The second-order valence-electron chi connectivity index (χ2n) is 7.61. The number of likely N-dealkylation sites (tertiary alicyclic amines) is 1. The molecule has 5 rings (SSSR count). The molecule has 0 spiro atoms. The highest BCUT2D eigenvalue weighted by molar-refractivity contribution is 7.18. The van der Waals surface area contributed by atoms with Gasteiger partial charge in [0.15, 0.2) is 17.3 Å². The molecule has 1 aromatic carbocycles.